The van der Waals surface area contributed by atoms with Crippen LogP contribution in [-0.2, 0) is 0 Å². The van der Waals surface area contributed by atoms with Crippen molar-refractivity contribution in [1.29, 1.82) is 0 Å². The summed E-state index contributed by atoms with van der Waals surface area (Å²) < 4.78 is 3.91. The Morgan fingerprint density at radius 2 is 1.83 bits per heavy atom. The van der Waals surface area contributed by atoms with Crippen LogP contribution < -0.4 is 5.32 Å². The molecule has 1 aromatic heterocycles. The molecular formula is C18H15N3O2S. The Morgan fingerprint density at radius 3 is 2.54 bits per heavy atom. The van der Waals surface area contributed by atoms with Gasteiger partial charge in [0.2, 0.25) is 0 Å². The first-order valence-electron chi connectivity index (χ1n) is 7.36. The summed E-state index contributed by atoms with van der Waals surface area (Å²) in [7, 11) is 0. The van der Waals surface area contributed by atoms with E-state index in [1.807, 2.05) is 31.2 Å². The van der Waals surface area contributed by atoms with Crippen LogP contribution in [0.15, 0.2) is 48.5 Å². The Bertz CT molecular complexity index is 901. The number of nitrogens with one attached hydrogen (secondary N) is 1. The number of carbonyl (C=O) groups excluding carboxylic acids is 2. The molecule has 24 heavy (non-hydrogen) atoms. The fourth-order valence-electron chi connectivity index (χ4n) is 2.24. The Labute approximate surface area is 143 Å². The molecule has 5 nitrogen and oxygen atoms in total. The van der Waals surface area contributed by atoms with Gasteiger partial charge in [0.15, 0.2) is 5.78 Å². The van der Waals surface area contributed by atoms with Crippen LogP contribution in [0.4, 0.5) is 5.69 Å². The molecule has 0 saturated heterocycles. The maximum Gasteiger partial charge on any atom is 0.269 e. The zero-order chi connectivity index (χ0) is 17.1. The van der Waals surface area contributed by atoms with Gasteiger partial charge in [0.05, 0.1) is 0 Å². The normalized spacial score (nSPS) is 10.4. The second-order valence-corrected chi connectivity index (χ2v) is 6.16. The maximum absolute atomic E-state index is 12.6. The van der Waals surface area contributed by atoms with Gasteiger partial charge in [-0.05, 0) is 37.5 Å². The number of anilines is 1. The van der Waals surface area contributed by atoms with Crippen LogP contribution in [0.3, 0.4) is 0 Å². The van der Waals surface area contributed by atoms with Gasteiger partial charge in [-0.15, -0.1) is 5.10 Å². The lowest BCUT2D eigenvalue weighted by molar-refractivity contribution is 0.101. The Hall–Kier alpha value is -2.86. The van der Waals surface area contributed by atoms with Crippen molar-refractivity contribution in [1.82, 2.24) is 9.59 Å². The summed E-state index contributed by atoms with van der Waals surface area (Å²) in [5.41, 5.74) is 3.65. The Morgan fingerprint density at radius 1 is 1.08 bits per heavy atom. The number of hydrogen-bond donors (Lipinski definition) is 1. The van der Waals surface area contributed by atoms with Gasteiger partial charge in [-0.2, -0.15) is 0 Å². The molecule has 1 N–H and O–H groups in total. The van der Waals surface area contributed by atoms with Crippen molar-refractivity contribution in [2.24, 2.45) is 0 Å². The predicted octanol–water partition coefficient (Wildman–Crippen LogP) is 3.97. The second kappa shape index (κ2) is 6.72. The van der Waals surface area contributed by atoms with E-state index < -0.39 is 0 Å². The lowest BCUT2D eigenvalue weighted by Crippen LogP contribution is -2.12. The van der Waals surface area contributed by atoms with E-state index >= 15 is 0 Å². The molecule has 0 aliphatic heterocycles. The highest BCUT2D eigenvalue weighted by molar-refractivity contribution is 7.08. The van der Waals surface area contributed by atoms with E-state index in [1.165, 1.54) is 6.92 Å². The number of aromatic nitrogens is 2. The fourth-order valence-corrected chi connectivity index (χ4v) is 2.83. The highest BCUT2D eigenvalue weighted by atomic mass is 32.1. The van der Waals surface area contributed by atoms with Crippen molar-refractivity contribution < 1.29 is 9.59 Å². The summed E-state index contributed by atoms with van der Waals surface area (Å²) in [6.45, 7) is 3.49. The van der Waals surface area contributed by atoms with Crippen molar-refractivity contribution in [3.8, 4) is 11.3 Å². The minimum Gasteiger partial charge on any atom is -0.321 e. The second-order valence-electron chi connectivity index (χ2n) is 5.41. The largest absolute Gasteiger partial charge is 0.321 e. The van der Waals surface area contributed by atoms with Gasteiger partial charge in [0.1, 0.15) is 10.6 Å². The zero-order valence-corrected chi connectivity index (χ0v) is 14.1. The van der Waals surface area contributed by atoms with Gasteiger partial charge in [-0.3, -0.25) is 9.59 Å². The lowest BCUT2D eigenvalue weighted by atomic mass is 10.1. The molecule has 0 atom stereocenters. The molecule has 2 aromatic carbocycles. The summed E-state index contributed by atoms with van der Waals surface area (Å²) in [5.74, 6) is -0.341. The van der Waals surface area contributed by atoms with Gasteiger partial charge >= 0.3 is 0 Å². The smallest absolute Gasteiger partial charge is 0.269 e. The van der Waals surface area contributed by atoms with E-state index in [4.69, 9.17) is 0 Å². The molecule has 1 heterocycles. The molecule has 0 fully saturated rings. The van der Waals surface area contributed by atoms with Crippen LogP contribution in [0, 0.1) is 6.92 Å². The number of ketones is 1. The van der Waals surface area contributed by atoms with Gasteiger partial charge in [0.25, 0.3) is 5.91 Å². The molecule has 0 aliphatic rings. The molecule has 0 bridgehead atoms. The van der Waals surface area contributed by atoms with Crippen LogP contribution in [0.2, 0.25) is 0 Å². The van der Waals surface area contributed by atoms with Crippen LogP contribution in [0.25, 0.3) is 11.3 Å². The number of hydrogen-bond acceptors (Lipinski definition) is 5. The van der Waals surface area contributed by atoms with Crippen LogP contribution in [0.1, 0.15) is 32.5 Å². The van der Waals surface area contributed by atoms with Crippen molar-refractivity contribution in [3.63, 3.8) is 0 Å². The molecule has 120 valence electrons. The number of aryl methyl sites for hydroxylation is 1. The monoisotopic (exact) mass is 337 g/mol. The standard InChI is InChI=1S/C18H15N3O2S/c1-11-6-8-13(9-7-11)16-17(24-21-20-16)18(23)19-15-5-3-4-14(10-15)12(2)22/h3-10H,1-2H3,(H,19,23). The van der Waals surface area contributed by atoms with Crippen molar-refractivity contribution in [3.05, 3.63) is 64.5 Å². The van der Waals surface area contributed by atoms with Crippen molar-refractivity contribution >= 4 is 28.9 Å². The third-order valence-electron chi connectivity index (χ3n) is 3.55. The van der Waals surface area contributed by atoms with E-state index in [-0.39, 0.29) is 11.7 Å². The summed E-state index contributed by atoms with van der Waals surface area (Å²) in [5, 5.41) is 6.88. The first kappa shape index (κ1) is 16.0. The Kier molecular flexibility index (Phi) is 4.48. The van der Waals surface area contributed by atoms with E-state index in [9.17, 15) is 9.59 Å². The lowest BCUT2D eigenvalue weighted by Gasteiger charge is -2.06. The summed E-state index contributed by atoms with van der Waals surface area (Å²) in [6, 6.07) is 14.6. The maximum atomic E-state index is 12.6. The molecular weight excluding hydrogens is 322 g/mol. The zero-order valence-electron chi connectivity index (χ0n) is 13.2. The minimum atomic E-state index is -0.290. The molecule has 0 aliphatic carbocycles. The van der Waals surface area contributed by atoms with Crippen molar-refractivity contribution in [2.45, 2.75) is 13.8 Å². The molecule has 0 spiro atoms. The van der Waals surface area contributed by atoms with E-state index in [0.29, 0.717) is 21.8 Å². The van der Waals surface area contributed by atoms with Gasteiger partial charge in [0, 0.05) is 16.8 Å². The topological polar surface area (TPSA) is 72.0 Å². The van der Waals surface area contributed by atoms with E-state index in [1.54, 1.807) is 24.3 Å². The van der Waals surface area contributed by atoms with Crippen LogP contribution >= 0.6 is 11.5 Å². The third-order valence-corrected chi connectivity index (χ3v) is 4.27. The summed E-state index contributed by atoms with van der Waals surface area (Å²) in [6.07, 6.45) is 0. The molecule has 0 unspecified atom stereocenters. The molecule has 0 saturated carbocycles. The molecule has 3 rings (SSSR count). The molecule has 1 amide bonds. The molecule has 0 radical (unpaired) electrons. The SMILES string of the molecule is CC(=O)c1cccc(NC(=O)c2snnc2-c2ccc(C)cc2)c1. The van der Waals surface area contributed by atoms with Gasteiger partial charge < -0.3 is 5.32 Å². The average Bonchev–Trinajstić information content (AvgIpc) is 3.05. The quantitative estimate of drug-likeness (QED) is 0.731. The highest BCUT2D eigenvalue weighted by Crippen LogP contribution is 2.25. The number of amides is 1. The Balaban J connectivity index is 1.86. The first-order valence-corrected chi connectivity index (χ1v) is 8.13. The average molecular weight is 337 g/mol. The fraction of sp³-hybridized carbons (Fsp3) is 0.111. The molecule has 3 aromatic rings. The number of benzene rings is 2. The van der Waals surface area contributed by atoms with Crippen molar-refractivity contribution in [2.75, 3.05) is 5.32 Å². The van der Waals surface area contributed by atoms with Gasteiger partial charge in [-0.1, -0.05) is 46.4 Å². The number of Topliss-reactive ketones (excluding diaryl/α,β-unsaturated/α-hetero) is 1. The summed E-state index contributed by atoms with van der Waals surface area (Å²) in [4.78, 5) is 24.4. The third kappa shape index (κ3) is 3.38. The number of carbonyl (C=O) groups is 2. The van der Waals surface area contributed by atoms with E-state index in [2.05, 4.69) is 14.9 Å². The highest BCUT2D eigenvalue weighted by Gasteiger charge is 2.18. The number of nitrogens with zero attached hydrogens (tertiary/aromatic N) is 2. The molecule has 6 heteroatoms. The number of rotatable bonds is 4. The van der Waals surface area contributed by atoms with Crippen LogP contribution in [0.5, 0.6) is 0 Å². The summed E-state index contributed by atoms with van der Waals surface area (Å²) >= 11 is 1.05. The first-order chi connectivity index (χ1) is 11.5. The van der Waals surface area contributed by atoms with E-state index in [0.717, 1.165) is 22.7 Å². The minimum absolute atomic E-state index is 0.0501. The van der Waals surface area contributed by atoms with Gasteiger partial charge in [-0.25, -0.2) is 0 Å². The van der Waals surface area contributed by atoms with Crippen LogP contribution in [-0.4, -0.2) is 21.3 Å². The predicted molar refractivity (Wildman–Crippen MR) is 94.5 cm³/mol.